The van der Waals surface area contributed by atoms with E-state index in [2.05, 4.69) is 26.7 Å². The molecule has 2 amide bonds. The molecule has 0 bridgehead atoms. The molecule has 52 heavy (non-hydrogen) atoms. The largest absolute Gasteiger partial charge is 0.449 e. The summed E-state index contributed by atoms with van der Waals surface area (Å²) in [4.78, 5) is 44.1. The van der Waals surface area contributed by atoms with E-state index in [1.54, 1.807) is 6.20 Å². The standard InChI is InChI=1S/C40H37Cl2N7O3/c1-25(26-10-12-28(41)13-11-26)49-24-44-35(27-7-3-2-4-8-27)37(49)34-31-15-14-29(42)23-33(31)45-36(34)39(50)46-32-9-5-18-43-38(32)47-20-16-30(17-21-47)48-19-6-22-52-40(48)51/h2-5,7-15,18,23-25,30,45H,6,16-17,19-22H2,1H3,(H,46,50). The molecule has 0 spiro atoms. The van der Waals surface area contributed by atoms with Gasteiger partial charge >= 0.3 is 6.09 Å². The van der Waals surface area contributed by atoms with Crippen LogP contribution in [-0.4, -0.2) is 68.7 Å². The normalized spacial score (nSPS) is 15.9. The summed E-state index contributed by atoms with van der Waals surface area (Å²) in [6.45, 7) is 4.68. The number of anilines is 2. The summed E-state index contributed by atoms with van der Waals surface area (Å²) in [6, 6.07) is 27.0. The number of imidazole rings is 1. The van der Waals surface area contributed by atoms with E-state index in [4.69, 9.17) is 37.9 Å². The van der Waals surface area contributed by atoms with Crippen LogP contribution in [0.5, 0.6) is 0 Å². The summed E-state index contributed by atoms with van der Waals surface area (Å²) in [6.07, 6.45) is 5.75. The predicted octanol–water partition coefficient (Wildman–Crippen LogP) is 9.07. The van der Waals surface area contributed by atoms with Crippen molar-refractivity contribution in [3.8, 4) is 22.5 Å². The van der Waals surface area contributed by atoms with Crippen LogP contribution in [0.1, 0.15) is 48.3 Å². The number of amides is 2. The maximum atomic E-state index is 14.6. The van der Waals surface area contributed by atoms with E-state index in [1.807, 2.05) is 96.2 Å². The smallest absolute Gasteiger partial charge is 0.410 e. The van der Waals surface area contributed by atoms with Gasteiger partial charge < -0.3 is 29.4 Å². The highest BCUT2D eigenvalue weighted by Crippen LogP contribution is 2.42. The molecule has 5 heterocycles. The van der Waals surface area contributed by atoms with E-state index >= 15 is 0 Å². The fourth-order valence-electron chi connectivity index (χ4n) is 7.42. The van der Waals surface area contributed by atoms with E-state index in [-0.39, 0.29) is 24.1 Å². The van der Waals surface area contributed by atoms with Crippen LogP contribution < -0.4 is 10.2 Å². The van der Waals surface area contributed by atoms with Gasteiger partial charge in [-0.25, -0.2) is 14.8 Å². The average molecular weight is 735 g/mol. The van der Waals surface area contributed by atoms with E-state index < -0.39 is 0 Å². The molecule has 2 fully saturated rings. The van der Waals surface area contributed by atoms with Gasteiger partial charge in [0.15, 0.2) is 5.82 Å². The molecule has 2 aliphatic rings. The molecule has 6 aromatic rings. The van der Waals surface area contributed by atoms with Crippen LogP contribution in [0, 0.1) is 0 Å². The Kier molecular flexibility index (Phi) is 9.34. The Labute approximate surface area is 311 Å². The van der Waals surface area contributed by atoms with Gasteiger partial charge in [0.25, 0.3) is 5.91 Å². The highest BCUT2D eigenvalue weighted by molar-refractivity contribution is 6.31. The van der Waals surface area contributed by atoms with Gasteiger partial charge in [-0.1, -0.05) is 71.7 Å². The first-order valence-electron chi connectivity index (χ1n) is 17.5. The third kappa shape index (κ3) is 6.48. The van der Waals surface area contributed by atoms with Crippen molar-refractivity contribution in [3.63, 3.8) is 0 Å². The van der Waals surface area contributed by atoms with Gasteiger partial charge in [0.05, 0.1) is 36.1 Å². The third-order valence-corrected chi connectivity index (χ3v) is 10.6. The minimum atomic E-state index is -0.326. The maximum Gasteiger partial charge on any atom is 0.410 e. The number of nitrogens with zero attached hydrogens (tertiary/aromatic N) is 5. The molecule has 12 heteroatoms. The number of hydrogen-bond donors (Lipinski definition) is 2. The second-order valence-electron chi connectivity index (χ2n) is 13.2. The summed E-state index contributed by atoms with van der Waals surface area (Å²) >= 11 is 12.8. The number of aromatic nitrogens is 4. The second kappa shape index (κ2) is 14.4. The van der Waals surface area contributed by atoms with Crippen molar-refractivity contribution in [3.05, 3.63) is 119 Å². The van der Waals surface area contributed by atoms with Crippen LogP contribution in [-0.2, 0) is 4.74 Å². The highest BCUT2D eigenvalue weighted by Gasteiger charge is 2.32. The van der Waals surface area contributed by atoms with Crippen molar-refractivity contribution in [1.29, 1.82) is 0 Å². The molecule has 1 unspecified atom stereocenters. The number of ether oxygens (including phenoxy) is 1. The predicted molar refractivity (Wildman–Crippen MR) is 205 cm³/mol. The molecule has 3 aromatic heterocycles. The third-order valence-electron chi connectivity index (χ3n) is 10.1. The van der Waals surface area contributed by atoms with Crippen LogP contribution in [0.15, 0.2) is 97.5 Å². The quantitative estimate of drug-likeness (QED) is 0.162. The lowest BCUT2D eigenvalue weighted by Gasteiger charge is -2.40. The number of hydrogen-bond acceptors (Lipinski definition) is 6. The molecule has 10 nitrogen and oxygen atoms in total. The number of aromatic amines is 1. The molecular formula is C40H37Cl2N7O3. The fourth-order valence-corrected chi connectivity index (χ4v) is 7.72. The number of piperidine rings is 1. The van der Waals surface area contributed by atoms with Gasteiger partial charge in [0, 0.05) is 63.9 Å². The van der Waals surface area contributed by atoms with Crippen molar-refractivity contribution in [2.24, 2.45) is 0 Å². The van der Waals surface area contributed by atoms with Crippen molar-refractivity contribution in [1.82, 2.24) is 24.4 Å². The van der Waals surface area contributed by atoms with Gasteiger partial charge in [0.2, 0.25) is 0 Å². The van der Waals surface area contributed by atoms with E-state index in [9.17, 15) is 9.59 Å². The van der Waals surface area contributed by atoms with Crippen molar-refractivity contribution >= 4 is 57.6 Å². The van der Waals surface area contributed by atoms with Gasteiger partial charge in [-0.15, -0.1) is 0 Å². The van der Waals surface area contributed by atoms with E-state index in [0.717, 1.165) is 59.2 Å². The number of carbonyl (C=O) groups is 2. The molecule has 0 saturated carbocycles. The Balaban J connectivity index is 1.18. The molecule has 2 N–H and O–H groups in total. The Bertz CT molecular complexity index is 2250. The zero-order chi connectivity index (χ0) is 35.8. The zero-order valence-electron chi connectivity index (χ0n) is 28.6. The Morgan fingerprint density at radius 3 is 2.48 bits per heavy atom. The molecule has 0 radical (unpaired) electrons. The van der Waals surface area contributed by atoms with Gasteiger partial charge in [-0.05, 0) is 68.1 Å². The molecule has 0 aliphatic carbocycles. The van der Waals surface area contributed by atoms with Crippen LogP contribution >= 0.6 is 23.2 Å². The molecular weight excluding hydrogens is 697 g/mol. The summed E-state index contributed by atoms with van der Waals surface area (Å²) in [5.74, 6) is 0.357. The fraction of sp³-hybridized carbons (Fsp3) is 0.250. The SMILES string of the molecule is CC(c1ccc(Cl)cc1)n1cnc(-c2ccccc2)c1-c1c(C(=O)Nc2cccnc2N2CCC(N3CCCOC3=O)CC2)[nH]c2cc(Cl)ccc12. The highest BCUT2D eigenvalue weighted by atomic mass is 35.5. The second-order valence-corrected chi connectivity index (χ2v) is 14.1. The number of H-pyrrole nitrogens is 1. The average Bonchev–Trinajstić information content (AvgIpc) is 3.77. The van der Waals surface area contributed by atoms with Crippen molar-refractivity contribution in [2.45, 2.75) is 38.3 Å². The lowest BCUT2D eigenvalue weighted by molar-refractivity contribution is 0.0499. The number of cyclic esters (lactones) is 1. The molecule has 8 rings (SSSR count). The number of benzene rings is 3. The maximum absolute atomic E-state index is 14.6. The first-order valence-corrected chi connectivity index (χ1v) is 18.3. The Morgan fingerprint density at radius 1 is 0.942 bits per heavy atom. The minimum absolute atomic E-state index is 0.116. The summed E-state index contributed by atoms with van der Waals surface area (Å²) < 4.78 is 7.41. The van der Waals surface area contributed by atoms with Crippen LogP contribution in [0.3, 0.4) is 0 Å². The van der Waals surface area contributed by atoms with Crippen molar-refractivity contribution in [2.75, 3.05) is 36.5 Å². The first-order chi connectivity index (χ1) is 25.4. The number of pyridine rings is 1. The first kappa shape index (κ1) is 33.8. The van der Waals surface area contributed by atoms with Gasteiger partial charge in [0.1, 0.15) is 5.69 Å². The topological polar surface area (TPSA) is 108 Å². The van der Waals surface area contributed by atoms with Gasteiger partial charge in [-0.3, -0.25) is 4.79 Å². The molecule has 3 aromatic carbocycles. The van der Waals surface area contributed by atoms with Crippen molar-refractivity contribution < 1.29 is 14.3 Å². The Hall–Kier alpha value is -5.32. The summed E-state index contributed by atoms with van der Waals surface area (Å²) in [5.41, 5.74) is 5.90. The van der Waals surface area contributed by atoms with Crippen LogP contribution in [0.4, 0.5) is 16.3 Å². The van der Waals surface area contributed by atoms with Gasteiger partial charge in [-0.2, -0.15) is 0 Å². The molecule has 1 atom stereocenters. The van der Waals surface area contributed by atoms with E-state index in [1.165, 1.54) is 0 Å². The number of rotatable bonds is 8. The number of carbonyl (C=O) groups excluding carboxylic acids is 2. The molecule has 264 valence electrons. The Morgan fingerprint density at radius 2 is 1.71 bits per heavy atom. The van der Waals surface area contributed by atoms with Crippen LogP contribution in [0.25, 0.3) is 33.4 Å². The summed E-state index contributed by atoms with van der Waals surface area (Å²) in [5, 5.41) is 5.24. The lowest BCUT2D eigenvalue weighted by atomic mass is 9.99. The minimum Gasteiger partial charge on any atom is -0.449 e. The monoisotopic (exact) mass is 733 g/mol. The summed E-state index contributed by atoms with van der Waals surface area (Å²) in [7, 11) is 0. The molecule has 2 saturated heterocycles. The lowest BCUT2D eigenvalue weighted by Crippen LogP contribution is -2.50. The number of fused-ring (bicyclic) bond motifs is 1. The van der Waals surface area contributed by atoms with E-state index in [0.29, 0.717) is 52.5 Å². The molecule has 2 aliphatic heterocycles. The zero-order valence-corrected chi connectivity index (χ0v) is 30.1. The number of halogens is 2. The number of nitrogens with one attached hydrogen (secondary N) is 2. The van der Waals surface area contributed by atoms with Crippen LogP contribution in [0.2, 0.25) is 10.0 Å².